The van der Waals surface area contributed by atoms with Crippen molar-refractivity contribution in [3.8, 4) is 0 Å². The molecule has 1 heterocycles. The topological polar surface area (TPSA) is 36.8 Å². The van der Waals surface area contributed by atoms with Crippen molar-refractivity contribution in [3.05, 3.63) is 11.8 Å². The zero-order chi connectivity index (χ0) is 10.5. The third kappa shape index (κ3) is 3.17. The third-order valence-electron chi connectivity index (χ3n) is 2.40. The maximum atomic E-state index is 4.15. The largest absolute Gasteiger partial charge is 0.267 e. The lowest BCUT2D eigenvalue weighted by Crippen LogP contribution is -2.26. The second-order valence-electron chi connectivity index (χ2n) is 3.59. The van der Waals surface area contributed by atoms with Crippen molar-refractivity contribution in [2.45, 2.75) is 47.1 Å². The van der Waals surface area contributed by atoms with E-state index < -0.39 is 0 Å². The SMILES string of the molecule is CC.CC1=CNN=NC(C)(C)C1C. The van der Waals surface area contributed by atoms with Gasteiger partial charge in [-0.15, -0.1) is 0 Å². The molecule has 1 atom stereocenters. The predicted octanol–water partition coefficient (Wildman–Crippen LogP) is 3.30. The minimum atomic E-state index is -0.0793. The highest BCUT2D eigenvalue weighted by Crippen LogP contribution is 2.28. The van der Waals surface area contributed by atoms with E-state index >= 15 is 0 Å². The highest BCUT2D eigenvalue weighted by atomic mass is 15.4. The van der Waals surface area contributed by atoms with Gasteiger partial charge in [0.25, 0.3) is 0 Å². The Bertz CT molecular complexity index is 204. The normalized spacial score (nSPS) is 24.8. The smallest absolute Gasteiger partial charge is 0.0844 e. The lowest BCUT2D eigenvalue weighted by molar-refractivity contribution is 0.379. The molecule has 1 rings (SSSR count). The maximum Gasteiger partial charge on any atom is 0.0844 e. The van der Waals surface area contributed by atoms with Crippen molar-refractivity contribution >= 4 is 0 Å². The first-order valence-electron chi connectivity index (χ1n) is 4.88. The van der Waals surface area contributed by atoms with Gasteiger partial charge in [0, 0.05) is 12.1 Å². The van der Waals surface area contributed by atoms with E-state index in [1.54, 1.807) is 0 Å². The Morgan fingerprint density at radius 1 is 1.38 bits per heavy atom. The quantitative estimate of drug-likeness (QED) is 0.614. The molecule has 0 bridgehead atoms. The Morgan fingerprint density at radius 3 is 2.46 bits per heavy atom. The number of hydrogen-bond acceptors (Lipinski definition) is 3. The van der Waals surface area contributed by atoms with Crippen LogP contribution < -0.4 is 5.43 Å². The Balaban J connectivity index is 0.000000671. The van der Waals surface area contributed by atoms with E-state index in [-0.39, 0.29) is 5.54 Å². The molecular formula is C10H21N3. The average molecular weight is 183 g/mol. The summed E-state index contributed by atoms with van der Waals surface area (Å²) in [7, 11) is 0. The highest BCUT2D eigenvalue weighted by molar-refractivity contribution is 5.08. The van der Waals surface area contributed by atoms with Crippen LogP contribution in [0.3, 0.4) is 0 Å². The summed E-state index contributed by atoms with van der Waals surface area (Å²) in [6.45, 7) is 12.4. The zero-order valence-corrected chi connectivity index (χ0v) is 9.55. The molecule has 0 fully saturated rings. The first-order valence-corrected chi connectivity index (χ1v) is 4.88. The summed E-state index contributed by atoms with van der Waals surface area (Å²) in [5.74, 6) is 0.446. The fourth-order valence-corrected chi connectivity index (χ4v) is 1.06. The fourth-order valence-electron chi connectivity index (χ4n) is 1.06. The lowest BCUT2D eigenvalue weighted by atomic mass is 9.85. The molecule has 0 radical (unpaired) electrons. The maximum absolute atomic E-state index is 4.15. The Kier molecular flexibility index (Phi) is 4.67. The molecule has 0 aromatic heterocycles. The van der Waals surface area contributed by atoms with Crippen LogP contribution >= 0.6 is 0 Å². The van der Waals surface area contributed by atoms with E-state index in [0.717, 1.165) is 0 Å². The molecule has 0 spiro atoms. The first-order chi connectivity index (χ1) is 6.04. The summed E-state index contributed by atoms with van der Waals surface area (Å²) < 4.78 is 0. The molecule has 1 aliphatic heterocycles. The van der Waals surface area contributed by atoms with Crippen molar-refractivity contribution in [1.82, 2.24) is 5.43 Å². The highest BCUT2D eigenvalue weighted by Gasteiger charge is 2.27. The summed E-state index contributed by atoms with van der Waals surface area (Å²) in [5, 5.41) is 7.97. The number of hydrogen-bond donors (Lipinski definition) is 1. The molecule has 13 heavy (non-hydrogen) atoms. The molecule has 1 aliphatic rings. The predicted molar refractivity (Wildman–Crippen MR) is 56.3 cm³/mol. The fraction of sp³-hybridized carbons (Fsp3) is 0.800. The van der Waals surface area contributed by atoms with Crippen LogP contribution in [0, 0.1) is 5.92 Å². The summed E-state index contributed by atoms with van der Waals surface area (Å²) in [4.78, 5) is 0. The van der Waals surface area contributed by atoms with Gasteiger partial charge in [-0.25, -0.2) is 0 Å². The van der Waals surface area contributed by atoms with Crippen molar-refractivity contribution in [2.24, 2.45) is 16.3 Å². The van der Waals surface area contributed by atoms with Gasteiger partial charge in [0.05, 0.1) is 5.54 Å². The molecule has 0 amide bonds. The summed E-state index contributed by atoms with van der Waals surface area (Å²) in [6.07, 6.45) is 1.91. The van der Waals surface area contributed by atoms with Gasteiger partial charge >= 0.3 is 0 Å². The molecule has 0 saturated heterocycles. The second kappa shape index (κ2) is 5.00. The molecule has 3 nitrogen and oxygen atoms in total. The van der Waals surface area contributed by atoms with Crippen molar-refractivity contribution in [3.63, 3.8) is 0 Å². The minimum absolute atomic E-state index is 0.0793. The summed E-state index contributed by atoms with van der Waals surface area (Å²) in [6, 6.07) is 0. The molecule has 3 heteroatoms. The van der Waals surface area contributed by atoms with Gasteiger partial charge in [0.15, 0.2) is 0 Å². The lowest BCUT2D eigenvalue weighted by Gasteiger charge is -2.24. The van der Waals surface area contributed by atoms with Crippen LogP contribution in [-0.4, -0.2) is 5.54 Å². The molecule has 1 unspecified atom stereocenters. The van der Waals surface area contributed by atoms with E-state index in [1.807, 2.05) is 20.0 Å². The summed E-state index contributed by atoms with van der Waals surface area (Å²) in [5.41, 5.74) is 3.99. The second-order valence-corrected chi connectivity index (χ2v) is 3.59. The molecule has 0 aromatic rings. The van der Waals surface area contributed by atoms with Gasteiger partial charge in [-0.3, -0.25) is 5.43 Å². The molecule has 76 valence electrons. The Morgan fingerprint density at radius 2 is 1.92 bits per heavy atom. The van der Waals surface area contributed by atoms with Crippen LogP contribution in [0.1, 0.15) is 41.5 Å². The van der Waals surface area contributed by atoms with Crippen molar-refractivity contribution in [2.75, 3.05) is 0 Å². The van der Waals surface area contributed by atoms with Gasteiger partial charge in [-0.05, 0) is 20.8 Å². The van der Waals surface area contributed by atoms with Gasteiger partial charge in [0.1, 0.15) is 0 Å². The van der Waals surface area contributed by atoms with Crippen LogP contribution in [0.5, 0.6) is 0 Å². The van der Waals surface area contributed by atoms with Crippen LogP contribution in [0.2, 0.25) is 0 Å². The molecular weight excluding hydrogens is 162 g/mol. The monoisotopic (exact) mass is 183 g/mol. The standard InChI is InChI=1S/C8H15N3.C2H6/c1-6-5-9-11-10-8(3,4)7(6)2;1-2/h5,7H,1-4H3,(H,9,10);1-2H3. The number of nitrogens with one attached hydrogen (secondary N) is 1. The van der Waals surface area contributed by atoms with Gasteiger partial charge in [-0.2, -0.15) is 5.11 Å². The summed E-state index contributed by atoms with van der Waals surface area (Å²) >= 11 is 0. The van der Waals surface area contributed by atoms with Crippen LogP contribution in [0.4, 0.5) is 0 Å². The molecule has 1 N–H and O–H groups in total. The Hall–Kier alpha value is -0.860. The van der Waals surface area contributed by atoms with E-state index in [2.05, 4.69) is 43.5 Å². The average Bonchev–Trinajstić information content (AvgIpc) is 2.23. The number of rotatable bonds is 0. The van der Waals surface area contributed by atoms with Crippen molar-refractivity contribution in [1.29, 1.82) is 0 Å². The van der Waals surface area contributed by atoms with Crippen LogP contribution in [-0.2, 0) is 0 Å². The first kappa shape index (κ1) is 12.1. The third-order valence-corrected chi connectivity index (χ3v) is 2.40. The van der Waals surface area contributed by atoms with Gasteiger partial charge in [0.2, 0.25) is 0 Å². The zero-order valence-electron chi connectivity index (χ0n) is 9.55. The van der Waals surface area contributed by atoms with Gasteiger partial charge in [-0.1, -0.05) is 31.6 Å². The number of nitrogens with zero attached hydrogens (tertiary/aromatic N) is 2. The van der Waals surface area contributed by atoms with E-state index in [1.165, 1.54) is 5.57 Å². The molecule has 0 aromatic carbocycles. The van der Waals surface area contributed by atoms with Gasteiger partial charge < -0.3 is 0 Å². The molecule has 0 saturated carbocycles. The Labute approximate surface area is 81.3 Å². The minimum Gasteiger partial charge on any atom is -0.267 e. The van der Waals surface area contributed by atoms with E-state index in [9.17, 15) is 0 Å². The van der Waals surface area contributed by atoms with Crippen LogP contribution in [0.15, 0.2) is 22.1 Å². The van der Waals surface area contributed by atoms with Crippen LogP contribution in [0.25, 0.3) is 0 Å². The molecule has 0 aliphatic carbocycles. The van der Waals surface area contributed by atoms with Crippen molar-refractivity contribution < 1.29 is 0 Å². The van der Waals surface area contributed by atoms with E-state index in [4.69, 9.17) is 0 Å². The van der Waals surface area contributed by atoms with E-state index in [0.29, 0.717) is 5.92 Å².